The molecule has 0 radical (unpaired) electrons. The fourth-order valence-corrected chi connectivity index (χ4v) is 3.17. The molecule has 3 heteroatoms. The van der Waals surface area contributed by atoms with E-state index in [0.29, 0.717) is 6.42 Å². The Kier molecular flexibility index (Phi) is 4.48. The van der Waals surface area contributed by atoms with Crippen molar-refractivity contribution in [2.75, 3.05) is 7.05 Å². The molecule has 1 heterocycles. The molecule has 0 bridgehead atoms. The van der Waals surface area contributed by atoms with Crippen molar-refractivity contribution < 1.29 is 9.53 Å². The lowest BCUT2D eigenvalue weighted by molar-refractivity contribution is -0.219. The normalized spacial score (nSPS) is 29.5. The zero-order chi connectivity index (χ0) is 16.5. The van der Waals surface area contributed by atoms with Crippen LogP contribution in [0.3, 0.4) is 0 Å². The molecule has 0 spiro atoms. The Balaban J connectivity index is 2.51. The van der Waals surface area contributed by atoms with E-state index < -0.39 is 5.60 Å². The van der Waals surface area contributed by atoms with Crippen LogP contribution in [0.25, 0.3) is 0 Å². The van der Waals surface area contributed by atoms with Gasteiger partial charge in [-0.1, -0.05) is 57.2 Å². The first kappa shape index (κ1) is 16.8. The third kappa shape index (κ3) is 2.58. The van der Waals surface area contributed by atoms with E-state index >= 15 is 0 Å². The second-order valence-electron chi connectivity index (χ2n) is 7.18. The molecule has 3 atom stereocenters. The van der Waals surface area contributed by atoms with Crippen LogP contribution >= 0.6 is 0 Å². The first-order valence-electron chi connectivity index (χ1n) is 7.85. The number of ether oxygens (including phenoxy) is 1. The highest BCUT2D eigenvalue weighted by atomic mass is 16.5. The summed E-state index contributed by atoms with van der Waals surface area (Å²) in [5, 5.41) is 0. The van der Waals surface area contributed by atoms with Crippen LogP contribution in [0.4, 0.5) is 0 Å². The summed E-state index contributed by atoms with van der Waals surface area (Å²) < 4.78 is 6.50. The lowest BCUT2D eigenvalue weighted by Gasteiger charge is -2.53. The largest absolute Gasteiger partial charge is 0.354 e. The molecule has 0 aliphatic carbocycles. The molecule has 22 heavy (non-hydrogen) atoms. The van der Waals surface area contributed by atoms with Gasteiger partial charge in [-0.05, 0) is 12.5 Å². The average Bonchev–Trinajstić information content (AvgIpc) is 2.48. The molecule has 1 aromatic carbocycles. The second-order valence-corrected chi connectivity index (χ2v) is 7.18. The van der Waals surface area contributed by atoms with Gasteiger partial charge in [-0.15, -0.1) is 6.58 Å². The van der Waals surface area contributed by atoms with Gasteiger partial charge in [0.1, 0.15) is 6.10 Å². The maximum absolute atomic E-state index is 13.0. The van der Waals surface area contributed by atoms with E-state index in [-0.39, 0.29) is 23.5 Å². The summed E-state index contributed by atoms with van der Waals surface area (Å²) in [5.41, 5.74) is -0.0945. The van der Waals surface area contributed by atoms with Crippen LogP contribution in [0.5, 0.6) is 0 Å². The third-order valence-electron chi connectivity index (χ3n) is 4.81. The molecule has 1 aromatic rings. The summed E-state index contributed by atoms with van der Waals surface area (Å²) in [6.45, 7) is 12.0. The predicted molar refractivity (Wildman–Crippen MR) is 89.5 cm³/mol. The number of amides is 1. The topological polar surface area (TPSA) is 29.5 Å². The minimum atomic E-state index is -0.878. The molecule has 0 saturated carbocycles. The Labute approximate surface area is 134 Å². The summed E-state index contributed by atoms with van der Waals surface area (Å²) in [5.74, 6) is 0.0413. The first-order valence-corrected chi connectivity index (χ1v) is 7.85. The molecule has 1 fully saturated rings. The summed E-state index contributed by atoms with van der Waals surface area (Å²) in [6.07, 6.45) is 2.16. The monoisotopic (exact) mass is 301 g/mol. The Morgan fingerprint density at radius 3 is 2.41 bits per heavy atom. The molecule has 1 aliphatic heterocycles. The van der Waals surface area contributed by atoms with Gasteiger partial charge in [0, 0.05) is 18.9 Å². The molecule has 1 saturated heterocycles. The summed E-state index contributed by atoms with van der Waals surface area (Å²) in [4.78, 5) is 14.9. The van der Waals surface area contributed by atoms with Gasteiger partial charge in [-0.3, -0.25) is 4.79 Å². The van der Waals surface area contributed by atoms with Gasteiger partial charge in [-0.2, -0.15) is 0 Å². The number of carbonyl (C=O) groups is 1. The van der Waals surface area contributed by atoms with Gasteiger partial charge in [0.25, 0.3) is 5.91 Å². The number of hydrogen-bond acceptors (Lipinski definition) is 2. The standard InChI is InChI=1S/C19H27NO2/c1-7-13-19(18(3,4)5)17(21)20(6)14(2)16(22-19)15-11-9-8-10-12-15/h7-12,14,16H,1,13H2,2-6H3/t14-,16-,19-/m0/s1. The Morgan fingerprint density at radius 1 is 1.32 bits per heavy atom. The molecule has 120 valence electrons. The molecular formula is C19H27NO2. The first-order chi connectivity index (χ1) is 10.2. The van der Waals surface area contributed by atoms with Crippen molar-refractivity contribution in [3.8, 4) is 0 Å². The number of carbonyl (C=O) groups excluding carboxylic acids is 1. The van der Waals surface area contributed by atoms with Crippen molar-refractivity contribution in [2.45, 2.75) is 51.9 Å². The number of morpholine rings is 1. The molecule has 1 aliphatic rings. The van der Waals surface area contributed by atoms with Crippen LogP contribution in [0, 0.1) is 5.41 Å². The van der Waals surface area contributed by atoms with Crippen molar-refractivity contribution in [1.29, 1.82) is 0 Å². The van der Waals surface area contributed by atoms with Crippen LogP contribution in [-0.2, 0) is 9.53 Å². The van der Waals surface area contributed by atoms with Crippen LogP contribution in [0.1, 0.15) is 45.8 Å². The zero-order valence-corrected chi connectivity index (χ0v) is 14.3. The van der Waals surface area contributed by atoms with Gasteiger partial charge >= 0.3 is 0 Å². The van der Waals surface area contributed by atoms with Crippen molar-refractivity contribution in [2.24, 2.45) is 5.41 Å². The highest BCUT2D eigenvalue weighted by Gasteiger charge is 2.56. The van der Waals surface area contributed by atoms with E-state index in [9.17, 15) is 4.79 Å². The van der Waals surface area contributed by atoms with Crippen LogP contribution in [0.2, 0.25) is 0 Å². The lowest BCUT2D eigenvalue weighted by atomic mass is 9.71. The third-order valence-corrected chi connectivity index (χ3v) is 4.81. The second kappa shape index (κ2) is 5.88. The van der Waals surface area contributed by atoms with Gasteiger partial charge in [0.2, 0.25) is 0 Å². The molecule has 1 amide bonds. The zero-order valence-electron chi connectivity index (χ0n) is 14.3. The number of likely N-dealkylation sites (N-methyl/N-ethyl adjacent to an activating group) is 1. The van der Waals surface area contributed by atoms with Crippen molar-refractivity contribution >= 4 is 5.91 Å². The fourth-order valence-electron chi connectivity index (χ4n) is 3.17. The average molecular weight is 301 g/mol. The van der Waals surface area contributed by atoms with E-state index in [1.54, 1.807) is 6.08 Å². The maximum Gasteiger partial charge on any atom is 0.255 e. The van der Waals surface area contributed by atoms with Gasteiger partial charge < -0.3 is 9.64 Å². The highest BCUT2D eigenvalue weighted by Crippen LogP contribution is 2.46. The maximum atomic E-state index is 13.0. The van der Waals surface area contributed by atoms with Gasteiger partial charge in [-0.25, -0.2) is 0 Å². The molecule has 2 rings (SSSR count). The van der Waals surface area contributed by atoms with Gasteiger partial charge in [0.15, 0.2) is 5.60 Å². The molecule has 0 unspecified atom stereocenters. The molecular weight excluding hydrogens is 274 g/mol. The van der Waals surface area contributed by atoms with Crippen LogP contribution in [-0.4, -0.2) is 29.5 Å². The Hall–Kier alpha value is -1.61. The van der Waals surface area contributed by atoms with E-state index in [1.165, 1.54) is 0 Å². The fraction of sp³-hybridized carbons (Fsp3) is 0.526. The minimum Gasteiger partial charge on any atom is -0.354 e. The van der Waals surface area contributed by atoms with Crippen molar-refractivity contribution in [3.05, 3.63) is 48.6 Å². The van der Waals surface area contributed by atoms with Gasteiger partial charge in [0.05, 0.1) is 6.04 Å². The summed E-state index contributed by atoms with van der Waals surface area (Å²) in [6, 6.07) is 10.1. The lowest BCUT2D eigenvalue weighted by Crippen LogP contribution is -2.64. The van der Waals surface area contributed by atoms with E-state index in [0.717, 1.165) is 5.56 Å². The number of rotatable bonds is 3. The summed E-state index contributed by atoms with van der Waals surface area (Å²) in [7, 11) is 1.87. The number of nitrogens with zero attached hydrogens (tertiary/aromatic N) is 1. The van der Waals surface area contributed by atoms with E-state index in [1.807, 2.05) is 37.1 Å². The smallest absolute Gasteiger partial charge is 0.255 e. The van der Waals surface area contributed by atoms with E-state index in [2.05, 4.69) is 39.5 Å². The van der Waals surface area contributed by atoms with Crippen molar-refractivity contribution in [3.63, 3.8) is 0 Å². The quantitative estimate of drug-likeness (QED) is 0.791. The minimum absolute atomic E-state index is 0.00445. The van der Waals surface area contributed by atoms with E-state index in [4.69, 9.17) is 4.74 Å². The SMILES string of the molecule is C=CC[C@]1(C(C)(C)C)O[C@H](c2ccccc2)[C@H](C)N(C)C1=O. The number of hydrogen-bond donors (Lipinski definition) is 0. The molecule has 0 aromatic heterocycles. The highest BCUT2D eigenvalue weighted by molar-refractivity contribution is 5.87. The number of benzene rings is 1. The Morgan fingerprint density at radius 2 is 1.91 bits per heavy atom. The predicted octanol–water partition coefficient (Wildman–Crippen LogP) is 3.97. The van der Waals surface area contributed by atoms with Crippen LogP contribution in [0.15, 0.2) is 43.0 Å². The Bertz CT molecular complexity index is 546. The summed E-state index contributed by atoms with van der Waals surface area (Å²) >= 11 is 0. The van der Waals surface area contributed by atoms with Crippen molar-refractivity contribution in [1.82, 2.24) is 4.90 Å². The molecule has 0 N–H and O–H groups in total. The molecule has 3 nitrogen and oxygen atoms in total. The van der Waals surface area contributed by atoms with Crippen LogP contribution < -0.4 is 0 Å².